The highest BCUT2D eigenvalue weighted by molar-refractivity contribution is 4.83. The molecule has 1 N–H and O–H groups in total. The minimum absolute atomic E-state index is 0.757. The molecule has 1 aliphatic rings. The summed E-state index contributed by atoms with van der Waals surface area (Å²) in [5, 5.41) is 3.57. The molecule has 1 fully saturated rings. The van der Waals surface area contributed by atoms with Gasteiger partial charge in [0, 0.05) is 6.04 Å². The Morgan fingerprint density at radius 1 is 1.00 bits per heavy atom. The highest BCUT2D eigenvalue weighted by Crippen LogP contribution is 2.35. The van der Waals surface area contributed by atoms with Crippen LogP contribution in [0.25, 0.3) is 0 Å². The Labute approximate surface area is 102 Å². The Bertz CT molecular complexity index is 178. The number of hydrogen-bond donors (Lipinski definition) is 1. The maximum Gasteiger partial charge on any atom is 0.00926 e. The van der Waals surface area contributed by atoms with Gasteiger partial charge in [0.25, 0.3) is 0 Å². The molecule has 0 saturated heterocycles. The molecule has 0 heterocycles. The molecule has 0 aliphatic heterocycles. The summed E-state index contributed by atoms with van der Waals surface area (Å²) in [6, 6.07) is 0.757. The zero-order chi connectivity index (χ0) is 12.1. The van der Waals surface area contributed by atoms with Crippen LogP contribution in [0.3, 0.4) is 0 Å². The number of rotatable bonds is 5. The van der Waals surface area contributed by atoms with Gasteiger partial charge in [0.1, 0.15) is 0 Å². The Hall–Kier alpha value is -0.0400. The van der Waals surface area contributed by atoms with Crippen LogP contribution in [-0.2, 0) is 0 Å². The van der Waals surface area contributed by atoms with E-state index in [1.807, 2.05) is 0 Å². The lowest BCUT2D eigenvalue weighted by Gasteiger charge is -2.36. The average molecular weight is 225 g/mol. The molecule has 1 rings (SSSR count). The molecule has 0 spiro atoms. The highest BCUT2D eigenvalue weighted by Gasteiger charge is 2.28. The van der Waals surface area contributed by atoms with E-state index in [2.05, 4.69) is 40.1 Å². The fraction of sp³-hybridized carbons (Fsp3) is 1.00. The highest BCUT2D eigenvalue weighted by atomic mass is 14.9. The molecule has 16 heavy (non-hydrogen) atoms. The Balaban J connectivity index is 2.44. The molecule has 3 unspecified atom stereocenters. The lowest BCUT2D eigenvalue weighted by atomic mass is 9.73. The second-order valence-corrected chi connectivity index (χ2v) is 6.54. The van der Waals surface area contributed by atoms with Crippen LogP contribution in [-0.4, -0.2) is 13.1 Å². The van der Waals surface area contributed by atoms with Gasteiger partial charge in [0.15, 0.2) is 0 Å². The van der Waals surface area contributed by atoms with Gasteiger partial charge in [-0.3, -0.25) is 0 Å². The van der Waals surface area contributed by atoms with Crippen molar-refractivity contribution in [3.63, 3.8) is 0 Å². The molecule has 1 saturated carbocycles. The zero-order valence-corrected chi connectivity index (χ0v) is 11.9. The van der Waals surface area contributed by atoms with Gasteiger partial charge < -0.3 is 5.32 Å². The normalized spacial score (nSPS) is 33.0. The second-order valence-electron chi connectivity index (χ2n) is 6.54. The molecule has 0 aromatic heterocycles. The van der Waals surface area contributed by atoms with Gasteiger partial charge in [-0.2, -0.15) is 0 Å². The van der Waals surface area contributed by atoms with Gasteiger partial charge in [-0.25, -0.2) is 0 Å². The molecule has 1 aliphatic carbocycles. The first-order valence-corrected chi connectivity index (χ1v) is 7.20. The van der Waals surface area contributed by atoms with Crippen molar-refractivity contribution >= 4 is 0 Å². The van der Waals surface area contributed by atoms with Gasteiger partial charge in [-0.1, -0.05) is 27.7 Å². The fourth-order valence-corrected chi connectivity index (χ4v) is 3.47. The minimum atomic E-state index is 0.757. The quantitative estimate of drug-likeness (QED) is 0.743. The third kappa shape index (κ3) is 4.45. The van der Waals surface area contributed by atoms with Gasteiger partial charge in [-0.05, 0) is 62.8 Å². The summed E-state index contributed by atoms with van der Waals surface area (Å²) in [5.74, 6) is 3.63. The summed E-state index contributed by atoms with van der Waals surface area (Å²) >= 11 is 0. The van der Waals surface area contributed by atoms with Gasteiger partial charge in [0.05, 0.1) is 0 Å². The van der Waals surface area contributed by atoms with E-state index >= 15 is 0 Å². The van der Waals surface area contributed by atoms with Crippen LogP contribution in [0.2, 0.25) is 0 Å². The van der Waals surface area contributed by atoms with Gasteiger partial charge >= 0.3 is 0 Å². The van der Waals surface area contributed by atoms with Crippen LogP contribution in [0.4, 0.5) is 0 Å². The number of hydrogen-bond acceptors (Lipinski definition) is 1. The van der Waals surface area contributed by atoms with E-state index in [1.54, 1.807) is 0 Å². The van der Waals surface area contributed by atoms with Crippen LogP contribution < -0.4 is 5.32 Å². The van der Waals surface area contributed by atoms with Crippen LogP contribution in [0, 0.1) is 23.7 Å². The first-order valence-electron chi connectivity index (χ1n) is 7.20. The molecule has 1 nitrogen and oxygen atoms in total. The molecular weight excluding hydrogens is 194 g/mol. The smallest absolute Gasteiger partial charge is 0.00926 e. The second kappa shape index (κ2) is 6.64. The van der Waals surface area contributed by atoms with E-state index in [9.17, 15) is 0 Å². The largest absolute Gasteiger partial charge is 0.317 e. The van der Waals surface area contributed by atoms with Crippen molar-refractivity contribution in [1.29, 1.82) is 0 Å². The monoisotopic (exact) mass is 225 g/mol. The lowest BCUT2D eigenvalue weighted by Crippen LogP contribution is -2.38. The third-order valence-corrected chi connectivity index (χ3v) is 4.21. The molecule has 96 valence electrons. The Kier molecular flexibility index (Phi) is 5.82. The molecular formula is C15H31N. The van der Waals surface area contributed by atoms with Gasteiger partial charge in [-0.15, -0.1) is 0 Å². The zero-order valence-electron chi connectivity index (χ0n) is 11.9. The predicted octanol–water partition coefficient (Wildman–Crippen LogP) is 4.08. The maximum absolute atomic E-state index is 3.57. The van der Waals surface area contributed by atoms with E-state index < -0.39 is 0 Å². The van der Waals surface area contributed by atoms with E-state index in [4.69, 9.17) is 0 Å². The van der Waals surface area contributed by atoms with Crippen molar-refractivity contribution in [2.75, 3.05) is 7.05 Å². The summed E-state index contributed by atoms with van der Waals surface area (Å²) in [5.41, 5.74) is 0. The van der Waals surface area contributed by atoms with Crippen molar-refractivity contribution in [1.82, 2.24) is 5.32 Å². The molecule has 1 heteroatoms. The maximum atomic E-state index is 3.57. The van der Waals surface area contributed by atoms with Crippen LogP contribution in [0.1, 0.15) is 59.8 Å². The van der Waals surface area contributed by atoms with E-state index in [-0.39, 0.29) is 0 Å². The first kappa shape index (κ1) is 14.0. The summed E-state index contributed by atoms with van der Waals surface area (Å²) in [6.07, 6.45) is 7.04. The number of nitrogens with one attached hydrogen (secondary N) is 1. The molecule has 0 radical (unpaired) electrons. The fourth-order valence-electron chi connectivity index (χ4n) is 3.47. The molecule has 3 atom stereocenters. The molecule has 0 amide bonds. The standard InChI is InChI=1S/C15H31N/c1-11(2)6-7-15(16-5)14-9-12(3)8-13(4)10-14/h11-16H,6-10H2,1-5H3. The molecule has 0 aromatic carbocycles. The average Bonchev–Trinajstić information content (AvgIpc) is 2.16. The Morgan fingerprint density at radius 3 is 2.00 bits per heavy atom. The van der Waals surface area contributed by atoms with Crippen molar-refractivity contribution in [3.8, 4) is 0 Å². The predicted molar refractivity (Wildman–Crippen MR) is 72.6 cm³/mol. The summed E-state index contributed by atoms with van der Waals surface area (Å²) in [6.45, 7) is 9.52. The SMILES string of the molecule is CNC(CCC(C)C)C1CC(C)CC(C)C1. The summed E-state index contributed by atoms with van der Waals surface area (Å²) < 4.78 is 0. The van der Waals surface area contributed by atoms with Crippen LogP contribution in [0.5, 0.6) is 0 Å². The summed E-state index contributed by atoms with van der Waals surface area (Å²) in [4.78, 5) is 0. The van der Waals surface area contributed by atoms with Crippen LogP contribution >= 0.6 is 0 Å². The lowest BCUT2D eigenvalue weighted by molar-refractivity contribution is 0.171. The molecule has 0 aromatic rings. The third-order valence-electron chi connectivity index (χ3n) is 4.21. The minimum Gasteiger partial charge on any atom is -0.317 e. The van der Waals surface area contributed by atoms with Crippen molar-refractivity contribution < 1.29 is 0 Å². The van der Waals surface area contributed by atoms with E-state index in [0.717, 1.165) is 29.7 Å². The molecule has 0 bridgehead atoms. The Morgan fingerprint density at radius 2 is 1.56 bits per heavy atom. The van der Waals surface area contributed by atoms with Crippen molar-refractivity contribution in [2.24, 2.45) is 23.7 Å². The van der Waals surface area contributed by atoms with Crippen molar-refractivity contribution in [2.45, 2.75) is 65.8 Å². The van der Waals surface area contributed by atoms with Crippen molar-refractivity contribution in [3.05, 3.63) is 0 Å². The summed E-state index contributed by atoms with van der Waals surface area (Å²) in [7, 11) is 2.15. The van der Waals surface area contributed by atoms with Crippen LogP contribution in [0.15, 0.2) is 0 Å². The van der Waals surface area contributed by atoms with Gasteiger partial charge in [0.2, 0.25) is 0 Å². The first-order chi connectivity index (χ1) is 7.52. The van der Waals surface area contributed by atoms with E-state index in [1.165, 1.54) is 32.1 Å². The van der Waals surface area contributed by atoms with E-state index in [0.29, 0.717) is 0 Å². The topological polar surface area (TPSA) is 12.0 Å².